The highest BCUT2D eigenvalue weighted by Gasteiger charge is 2.64. The smallest absolute Gasteiger partial charge is 0.325 e. The van der Waals surface area contributed by atoms with Gasteiger partial charge in [0.25, 0.3) is 5.09 Å². The van der Waals surface area contributed by atoms with Crippen LogP contribution in [0.3, 0.4) is 0 Å². The molecular formula is C30H43FN2O11. The van der Waals surface area contributed by atoms with E-state index in [1.807, 2.05) is 13.8 Å². The van der Waals surface area contributed by atoms with Gasteiger partial charge in [-0.3, -0.25) is 19.2 Å². The lowest BCUT2D eigenvalue weighted by Gasteiger charge is -2.59. The van der Waals surface area contributed by atoms with Crippen LogP contribution in [0.1, 0.15) is 66.2 Å². The normalized spacial score (nSPS) is 33.8. The molecule has 8 atom stereocenters. The highest BCUT2D eigenvalue weighted by Crippen LogP contribution is 2.66. The number of alkyl halides is 1. The molecule has 0 saturated heterocycles. The molecule has 4 aliphatic rings. The summed E-state index contributed by atoms with van der Waals surface area (Å²) in [6.07, 6.45) is 4.25. The number of rotatable bonds is 10. The van der Waals surface area contributed by atoms with Crippen LogP contribution in [0.2, 0.25) is 0 Å². The van der Waals surface area contributed by atoms with Gasteiger partial charge in [0.05, 0.1) is 12.7 Å². The summed E-state index contributed by atoms with van der Waals surface area (Å²) in [6.45, 7) is 5.28. The van der Waals surface area contributed by atoms with Crippen LogP contribution in [0, 0.1) is 44.6 Å². The number of ether oxygens (including phenoxy) is 1. The highest BCUT2D eigenvalue weighted by atomic mass is 19.1. The van der Waals surface area contributed by atoms with E-state index >= 15 is 4.39 Å². The number of amides is 1. The SMILES string of the molecule is CC(C)(O)O.C[C@]12C[C@H](O)[C@H]3[C@@H](C[C@H](F)C4=CC(=O)C=C[C@@]43C)C1CCC2C(=O)COC(=O)CNC(=O)CCCO[N+](=O)[O-]. The molecule has 246 valence electrons. The van der Waals surface area contributed by atoms with Gasteiger partial charge in [0.15, 0.2) is 17.4 Å². The van der Waals surface area contributed by atoms with Crippen LogP contribution in [0.5, 0.6) is 0 Å². The molecule has 3 fully saturated rings. The molecule has 0 bridgehead atoms. The molecule has 1 amide bonds. The van der Waals surface area contributed by atoms with Gasteiger partial charge in [-0.25, -0.2) is 4.39 Å². The summed E-state index contributed by atoms with van der Waals surface area (Å²) in [5, 5.41) is 39.0. The summed E-state index contributed by atoms with van der Waals surface area (Å²) in [6, 6.07) is 0. The number of carbonyl (C=O) groups is 4. The molecule has 0 spiro atoms. The number of hydrogen-bond donors (Lipinski definition) is 4. The lowest BCUT2D eigenvalue weighted by molar-refractivity contribution is -0.757. The monoisotopic (exact) mass is 626 g/mol. The van der Waals surface area contributed by atoms with Crippen molar-refractivity contribution < 1.29 is 53.5 Å². The van der Waals surface area contributed by atoms with E-state index in [1.165, 1.54) is 26.0 Å². The van der Waals surface area contributed by atoms with Gasteiger partial charge in [0.1, 0.15) is 19.3 Å². The largest absolute Gasteiger partial charge is 0.456 e. The molecule has 0 heterocycles. The van der Waals surface area contributed by atoms with Crippen molar-refractivity contribution in [1.29, 1.82) is 0 Å². The molecule has 4 rings (SSSR count). The summed E-state index contributed by atoms with van der Waals surface area (Å²) in [4.78, 5) is 63.2. The van der Waals surface area contributed by atoms with E-state index < -0.39 is 64.9 Å². The van der Waals surface area contributed by atoms with Crippen molar-refractivity contribution in [3.63, 3.8) is 0 Å². The van der Waals surface area contributed by atoms with Gasteiger partial charge >= 0.3 is 5.97 Å². The summed E-state index contributed by atoms with van der Waals surface area (Å²) < 4.78 is 20.5. The first-order valence-corrected chi connectivity index (χ1v) is 14.8. The fourth-order valence-electron chi connectivity index (χ4n) is 7.80. The Labute approximate surface area is 255 Å². The number of aliphatic hydroxyl groups excluding tert-OH is 1. The van der Waals surface area contributed by atoms with Crippen molar-refractivity contribution in [2.45, 2.75) is 84.3 Å². The van der Waals surface area contributed by atoms with E-state index in [1.54, 1.807) is 6.08 Å². The molecule has 14 heteroatoms. The maximum Gasteiger partial charge on any atom is 0.325 e. The molecule has 4 N–H and O–H groups in total. The summed E-state index contributed by atoms with van der Waals surface area (Å²) in [5.74, 6) is -4.22. The van der Waals surface area contributed by atoms with Gasteiger partial charge in [-0.2, -0.15) is 0 Å². The minimum absolute atomic E-state index is 0.00298. The standard InChI is InChI=1S/C27H35FN2O9.C3H8O2/c1-26-8-7-15(31)10-19(26)20(28)11-16-17-5-6-18(27(17,2)12-21(32)25(16)26)22(33)14-38-24(35)13-29-23(34)4-3-9-39-30(36)37;1-3(2,4)5/h7-8,10,16-18,20-21,25,32H,3-6,9,11-14H2,1-2H3,(H,29,34);4-5H,1-2H3/t16-,17?,18?,20-,21-,25+,26-,27-;/m0./s1. The molecule has 0 aromatic carbocycles. The first-order chi connectivity index (χ1) is 20.4. The third-order valence-corrected chi connectivity index (χ3v) is 9.41. The van der Waals surface area contributed by atoms with Crippen molar-refractivity contribution in [3.8, 4) is 0 Å². The second kappa shape index (κ2) is 13.8. The molecule has 0 radical (unpaired) electrons. The van der Waals surface area contributed by atoms with E-state index in [2.05, 4.69) is 10.2 Å². The first-order valence-electron chi connectivity index (χ1n) is 14.8. The number of ketones is 2. The Morgan fingerprint density at radius 2 is 1.89 bits per heavy atom. The molecule has 0 aromatic heterocycles. The van der Waals surface area contributed by atoms with Gasteiger partial charge in [-0.1, -0.05) is 19.9 Å². The maximum absolute atomic E-state index is 15.4. The van der Waals surface area contributed by atoms with Gasteiger partial charge in [-0.05, 0) is 80.9 Å². The Morgan fingerprint density at radius 1 is 1.23 bits per heavy atom. The number of fused-ring (bicyclic) bond motifs is 5. The minimum atomic E-state index is -1.50. The number of aliphatic hydroxyl groups is 3. The Balaban J connectivity index is 0.000000978. The Morgan fingerprint density at radius 3 is 2.52 bits per heavy atom. The highest BCUT2D eigenvalue weighted by molar-refractivity contribution is 6.01. The molecule has 13 nitrogen and oxygen atoms in total. The number of hydrogen-bond acceptors (Lipinski definition) is 11. The summed E-state index contributed by atoms with van der Waals surface area (Å²) in [7, 11) is 0. The predicted molar refractivity (Wildman–Crippen MR) is 151 cm³/mol. The van der Waals surface area contributed by atoms with Crippen molar-refractivity contribution in [2.75, 3.05) is 19.8 Å². The second-order valence-corrected chi connectivity index (χ2v) is 13.1. The third kappa shape index (κ3) is 8.27. The topological polar surface area (TPSA) is 203 Å². The van der Waals surface area contributed by atoms with Gasteiger partial charge in [-0.15, -0.1) is 10.1 Å². The van der Waals surface area contributed by atoms with E-state index in [0.717, 1.165) is 0 Å². The molecule has 4 aliphatic carbocycles. The molecule has 0 aliphatic heterocycles. The quantitative estimate of drug-likeness (QED) is 0.0904. The third-order valence-electron chi connectivity index (χ3n) is 9.41. The number of carbonyl (C=O) groups excluding carboxylic acids is 4. The van der Waals surface area contributed by atoms with Gasteiger partial charge < -0.3 is 30.2 Å². The maximum atomic E-state index is 15.4. The molecule has 2 unspecified atom stereocenters. The molecule has 44 heavy (non-hydrogen) atoms. The number of allylic oxidation sites excluding steroid dienone is 4. The van der Waals surface area contributed by atoms with Crippen molar-refractivity contribution >= 4 is 23.4 Å². The van der Waals surface area contributed by atoms with E-state index in [-0.39, 0.29) is 55.2 Å². The van der Waals surface area contributed by atoms with Crippen LogP contribution in [0.4, 0.5) is 4.39 Å². The minimum Gasteiger partial charge on any atom is -0.456 e. The Hall–Kier alpha value is -3.23. The van der Waals surface area contributed by atoms with E-state index in [0.29, 0.717) is 24.8 Å². The van der Waals surface area contributed by atoms with Crippen LogP contribution in [-0.4, -0.2) is 81.7 Å². The predicted octanol–water partition coefficient (Wildman–Crippen LogP) is 1.75. The zero-order valence-corrected chi connectivity index (χ0v) is 25.5. The number of nitrogens with one attached hydrogen (secondary N) is 1. The number of esters is 1. The molecule has 0 aromatic rings. The first kappa shape index (κ1) is 35.3. The zero-order chi connectivity index (χ0) is 33.0. The average molecular weight is 627 g/mol. The van der Waals surface area contributed by atoms with Crippen LogP contribution in [-0.2, 0) is 28.8 Å². The Kier molecular flexibility index (Phi) is 11.1. The van der Waals surface area contributed by atoms with Crippen LogP contribution in [0.25, 0.3) is 0 Å². The van der Waals surface area contributed by atoms with Crippen LogP contribution < -0.4 is 5.32 Å². The van der Waals surface area contributed by atoms with Crippen LogP contribution >= 0.6 is 0 Å². The lowest BCUT2D eigenvalue weighted by Crippen LogP contribution is -2.58. The zero-order valence-electron chi connectivity index (χ0n) is 25.5. The second-order valence-electron chi connectivity index (χ2n) is 13.1. The molecular weight excluding hydrogens is 583 g/mol. The van der Waals surface area contributed by atoms with E-state index in [4.69, 9.17) is 14.9 Å². The fourth-order valence-corrected chi connectivity index (χ4v) is 7.80. The molecule has 3 saturated carbocycles. The van der Waals surface area contributed by atoms with E-state index in [9.17, 15) is 34.4 Å². The van der Waals surface area contributed by atoms with Gasteiger partial charge in [0.2, 0.25) is 5.91 Å². The van der Waals surface area contributed by atoms with Gasteiger partial charge in [0, 0.05) is 23.7 Å². The van der Waals surface area contributed by atoms with Crippen LogP contribution in [0.15, 0.2) is 23.8 Å². The lowest BCUT2D eigenvalue weighted by atomic mass is 9.46. The van der Waals surface area contributed by atoms with Crippen molar-refractivity contribution in [1.82, 2.24) is 5.32 Å². The average Bonchev–Trinajstić information content (AvgIpc) is 3.25. The number of nitrogens with zero attached hydrogens (tertiary/aromatic N) is 1. The summed E-state index contributed by atoms with van der Waals surface area (Å²) in [5.41, 5.74) is -0.929. The summed E-state index contributed by atoms with van der Waals surface area (Å²) >= 11 is 0. The number of Topliss-reactive ketones (excluding diaryl/α,β-unsaturated/α-hetero) is 1. The van der Waals surface area contributed by atoms with Crippen molar-refractivity contribution in [2.24, 2.45) is 34.5 Å². The van der Waals surface area contributed by atoms with Crippen molar-refractivity contribution in [3.05, 3.63) is 33.9 Å². The fraction of sp³-hybridized carbons (Fsp3) is 0.733. The Bertz CT molecular complexity index is 1190. The number of halogens is 1.